The van der Waals surface area contributed by atoms with Crippen LogP contribution in [-0.2, 0) is 22.7 Å². The summed E-state index contributed by atoms with van der Waals surface area (Å²) in [6, 6.07) is 16.0. The van der Waals surface area contributed by atoms with Gasteiger partial charge >= 0.3 is 0 Å². The lowest BCUT2D eigenvalue weighted by Gasteiger charge is -2.36. The lowest BCUT2D eigenvalue weighted by Crippen LogP contribution is -2.54. The Bertz CT molecular complexity index is 1670. The van der Waals surface area contributed by atoms with Gasteiger partial charge in [0.15, 0.2) is 0 Å². The van der Waals surface area contributed by atoms with Crippen LogP contribution in [0.15, 0.2) is 60.7 Å². The third kappa shape index (κ3) is 5.63. The molecule has 6 rings (SSSR count). The van der Waals surface area contributed by atoms with E-state index in [1.165, 1.54) is 12.1 Å². The zero-order valence-electron chi connectivity index (χ0n) is 23.8. The Balaban J connectivity index is 1.06. The van der Waals surface area contributed by atoms with Crippen LogP contribution in [0, 0.1) is 5.82 Å². The van der Waals surface area contributed by atoms with E-state index in [0.29, 0.717) is 28.9 Å². The molecule has 1 unspecified atom stereocenters. The monoisotopic (exact) mass is 598 g/mol. The summed E-state index contributed by atoms with van der Waals surface area (Å²) in [7, 11) is 0. The number of nitrogens with two attached hydrogens (primary N) is 1. The molecule has 3 heterocycles. The summed E-state index contributed by atoms with van der Waals surface area (Å²) in [5, 5.41) is 5.34. The van der Waals surface area contributed by atoms with E-state index in [0.717, 1.165) is 36.8 Å². The molecule has 3 aromatic rings. The number of nitrogens with one attached hydrogen (secondary N) is 2. The molecule has 12 heteroatoms. The second-order valence-corrected chi connectivity index (χ2v) is 11.1. The van der Waals surface area contributed by atoms with Gasteiger partial charge in [-0.25, -0.2) is 4.39 Å². The average Bonchev–Trinajstić information content (AvgIpc) is 3.27. The molecule has 2 saturated heterocycles. The summed E-state index contributed by atoms with van der Waals surface area (Å²) in [6.45, 7) is 3.71. The number of imide groups is 2. The number of carbonyl (C=O) groups is 5. The largest absolute Gasteiger partial charge is 0.380 e. The Morgan fingerprint density at radius 2 is 1.70 bits per heavy atom. The minimum Gasteiger partial charge on any atom is -0.380 e. The number of benzene rings is 3. The van der Waals surface area contributed by atoms with Crippen molar-refractivity contribution in [2.45, 2.75) is 32.0 Å². The van der Waals surface area contributed by atoms with Crippen LogP contribution in [0.25, 0.3) is 0 Å². The van der Waals surface area contributed by atoms with Crippen molar-refractivity contribution in [1.29, 1.82) is 0 Å². The zero-order valence-corrected chi connectivity index (χ0v) is 23.8. The van der Waals surface area contributed by atoms with Gasteiger partial charge in [-0.1, -0.05) is 18.2 Å². The highest BCUT2D eigenvalue weighted by Crippen LogP contribution is 2.32. The molecule has 0 saturated carbocycles. The highest BCUT2D eigenvalue weighted by molar-refractivity contribution is 6.25. The molecule has 3 aromatic carbocycles. The molecule has 11 nitrogen and oxygen atoms in total. The van der Waals surface area contributed by atoms with Gasteiger partial charge in [0, 0.05) is 68.2 Å². The maximum atomic E-state index is 15.2. The number of hydrogen-bond donors (Lipinski definition) is 3. The number of hydrogen-bond acceptors (Lipinski definition) is 8. The molecule has 2 fully saturated rings. The fourth-order valence-electron chi connectivity index (χ4n) is 5.93. The molecule has 4 N–H and O–H groups in total. The fourth-order valence-corrected chi connectivity index (χ4v) is 5.93. The Morgan fingerprint density at radius 1 is 0.955 bits per heavy atom. The van der Waals surface area contributed by atoms with E-state index in [1.54, 1.807) is 30.3 Å². The zero-order chi connectivity index (χ0) is 31.0. The first kappa shape index (κ1) is 29.0. The minimum absolute atomic E-state index is 0.0424. The number of anilines is 2. The highest BCUT2D eigenvalue weighted by Gasteiger charge is 2.45. The molecule has 1 atom stereocenters. The molecular weight excluding hydrogens is 567 g/mol. The van der Waals surface area contributed by atoms with Gasteiger partial charge in [-0.2, -0.15) is 0 Å². The Hall–Kier alpha value is -5.10. The lowest BCUT2D eigenvalue weighted by molar-refractivity contribution is -0.136. The van der Waals surface area contributed by atoms with Crippen molar-refractivity contribution in [3.63, 3.8) is 0 Å². The predicted octanol–water partition coefficient (Wildman–Crippen LogP) is 2.26. The number of carbonyl (C=O) groups excluding carboxylic acids is 5. The molecule has 3 aliphatic rings. The second-order valence-electron chi connectivity index (χ2n) is 11.1. The predicted molar refractivity (Wildman–Crippen MR) is 159 cm³/mol. The van der Waals surface area contributed by atoms with E-state index in [4.69, 9.17) is 5.73 Å². The van der Waals surface area contributed by atoms with Crippen LogP contribution in [0.1, 0.15) is 55.0 Å². The van der Waals surface area contributed by atoms with E-state index >= 15 is 4.39 Å². The maximum Gasteiger partial charge on any atom is 0.264 e. The summed E-state index contributed by atoms with van der Waals surface area (Å²) < 4.78 is 15.2. The molecular formula is C32H31FN6O5. The number of primary amides is 1. The van der Waals surface area contributed by atoms with Gasteiger partial charge in [-0.05, 0) is 54.4 Å². The lowest BCUT2D eigenvalue weighted by atomic mass is 10.0. The van der Waals surface area contributed by atoms with Crippen LogP contribution in [0.4, 0.5) is 15.8 Å². The summed E-state index contributed by atoms with van der Waals surface area (Å²) in [6.07, 6.45) is 0.118. The normalized spacial score (nSPS) is 18.8. The van der Waals surface area contributed by atoms with Crippen LogP contribution in [0.5, 0.6) is 0 Å². The number of amides is 5. The van der Waals surface area contributed by atoms with Gasteiger partial charge in [0.05, 0.1) is 11.1 Å². The van der Waals surface area contributed by atoms with Crippen LogP contribution in [-0.4, -0.2) is 71.6 Å². The van der Waals surface area contributed by atoms with E-state index in [2.05, 4.69) is 20.4 Å². The van der Waals surface area contributed by atoms with Crippen molar-refractivity contribution in [2.24, 2.45) is 5.73 Å². The molecule has 0 spiro atoms. The van der Waals surface area contributed by atoms with Crippen molar-refractivity contribution in [2.75, 3.05) is 36.4 Å². The second kappa shape index (κ2) is 11.9. The number of piperazine rings is 1. The first-order chi connectivity index (χ1) is 21.2. The summed E-state index contributed by atoms with van der Waals surface area (Å²) in [5.41, 5.74) is 8.77. The third-order valence-corrected chi connectivity index (χ3v) is 8.35. The van der Waals surface area contributed by atoms with Gasteiger partial charge in [0.2, 0.25) is 17.7 Å². The van der Waals surface area contributed by atoms with E-state index in [9.17, 15) is 24.0 Å². The van der Waals surface area contributed by atoms with E-state index in [1.807, 2.05) is 18.2 Å². The molecule has 0 bridgehead atoms. The molecule has 44 heavy (non-hydrogen) atoms. The smallest absolute Gasteiger partial charge is 0.264 e. The number of fused-ring (bicyclic) bond motifs is 1. The first-order valence-electron chi connectivity index (χ1n) is 14.4. The Morgan fingerprint density at radius 3 is 2.39 bits per heavy atom. The fraction of sp³-hybridized carbons (Fsp3) is 0.281. The summed E-state index contributed by atoms with van der Waals surface area (Å²) in [5.74, 6) is -3.08. The van der Waals surface area contributed by atoms with Gasteiger partial charge < -0.3 is 16.0 Å². The van der Waals surface area contributed by atoms with Crippen LogP contribution in [0.2, 0.25) is 0 Å². The van der Waals surface area contributed by atoms with Gasteiger partial charge in [0.25, 0.3) is 11.8 Å². The van der Waals surface area contributed by atoms with Gasteiger partial charge in [-0.3, -0.25) is 39.1 Å². The SMILES string of the molecule is NC(=O)c1ccc(N2CCN(Cc3ccc(CNc4cccc5c4C(=O)N(C4CCC(=O)NC4=O)C5=O)cc3F)CC2)cc1. The maximum absolute atomic E-state index is 15.2. The molecule has 226 valence electrons. The average molecular weight is 599 g/mol. The topological polar surface area (TPSA) is 145 Å². The number of piperidine rings is 1. The molecule has 0 aromatic heterocycles. The third-order valence-electron chi connectivity index (χ3n) is 8.35. The van der Waals surface area contributed by atoms with E-state index in [-0.39, 0.29) is 36.3 Å². The van der Waals surface area contributed by atoms with Gasteiger partial charge in [-0.15, -0.1) is 0 Å². The number of nitrogens with zero attached hydrogens (tertiary/aromatic N) is 3. The van der Waals surface area contributed by atoms with Crippen molar-refractivity contribution in [1.82, 2.24) is 15.1 Å². The van der Waals surface area contributed by atoms with Crippen LogP contribution in [0.3, 0.4) is 0 Å². The van der Waals surface area contributed by atoms with Crippen molar-refractivity contribution in [3.8, 4) is 0 Å². The van der Waals surface area contributed by atoms with Crippen LogP contribution >= 0.6 is 0 Å². The molecule has 3 aliphatic heterocycles. The number of halogens is 1. The summed E-state index contributed by atoms with van der Waals surface area (Å²) in [4.78, 5) is 66.9. The quantitative estimate of drug-likeness (QED) is 0.335. The Kier molecular flexibility index (Phi) is 7.83. The standard InChI is InChI=1S/C32H31FN6O5/c33-24-16-19(4-5-21(24)18-37-12-14-38(15-13-37)22-8-6-20(7-9-22)29(34)41)17-35-25-3-1-2-23-28(25)32(44)39(31(23)43)26-10-11-27(40)36-30(26)42/h1-9,16,26,35H,10-15,17-18H2,(H2,34,41)(H,36,40,42). The van der Waals surface area contributed by atoms with E-state index < -0.39 is 35.6 Å². The Labute approximate surface area is 252 Å². The highest BCUT2D eigenvalue weighted by atomic mass is 19.1. The molecule has 0 radical (unpaired) electrons. The first-order valence-corrected chi connectivity index (χ1v) is 14.4. The van der Waals surface area contributed by atoms with Gasteiger partial charge in [0.1, 0.15) is 11.9 Å². The number of rotatable bonds is 8. The van der Waals surface area contributed by atoms with Crippen molar-refractivity contribution < 1.29 is 28.4 Å². The minimum atomic E-state index is -1.05. The van der Waals surface area contributed by atoms with Crippen LogP contribution < -0.4 is 21.3 Å². The van der Waals surface area contributed by atoms with Crippen molar-refractivity contribution >= 4 is 40.9 Å². The van der Waals surface area contributed by atoms with Crippen molar-refractivity contribution in [3.05, 3.63) is 94.3 Å². The summed E-state index contributed by atoms with van der Waals surface area (Å²) >= 11 is 0. The molecule has 0 aliphatic carbocycles. The molecule has 5 amide bonds.